The zero-order valence-electron chi connectivity index (χ0n) is 14.1. The van der Waals surface area contributed by atoms with Crippen molar-refractivity contribution in [3.8, 4) is 0 Å². The van der Waals surface area contributed by atoms with Crippen LogP contribution in [0.15, 0.2) is 48.5 Å². The summed E-state index contributed by atoms with van der Waals surface area (Å²) in [7, 11) is -3.38. The second-order valence-corrected chi connectivity index (χ2v) is 8.75. The second kappa shape index (κ2) is 8.32. The SMILES string of the molecule is O=S(=O)(Cc1ccc(Cl)cc1)NCc1cccc(CN2CCCC2)c1. The Morgan fingerprint density at radius 1 is 0.960 bits per heavy atom. The van der Waals surface area contributed by atoms with Crippen LogP contribution in [-0.4, -0.2) is 26.4 Å². The van der Waals surface area contributed by atoms with Gasteiger partial charge in [0, 0.05) is 18.1 Å². The average Bonchev–Trinajstić information content (AvgIpc) is 3.08. The van der Waals surface area contributed by atoms with Gasteiger partial charge >= 0.3 is 0 Å². The van der Waals surface area contributed by atoms with Crippen molar-refractivity contribution in [3.05, 3.63) is 70.2 Å². The molecule has 0 radical (unpaired) electrons. The average molecular weight is 379 g/mol. The first kappa shape index (κ1) is 18.4. The number of benzene rings is 2. The van der Waals surface area contributed by atoms with Crippen LogP contribution in [-0.2, 0) is 28.9 Å². The molecule has 0 bridgehead atoms. The molecular formula is C19H23ClN2O2S. The molecule has 1 saturated heterocycles. The molecule has 2 aromatic carbocycles. The van der Waals surface area contributed by atoms with Gasteiger partial charge in [0.15, 0.2) is 0 Å². The molecule has 134 valence electrons. The molecule has 4 nitrogen and oxygen atoms in total. The molecule has 1 aliphatic rings. The van der Waals surface area contributed by atoms with Crippen molar-refractivity contribution < 1.29 is 8.42 Å². The highest BCUT2D eigenvalue weighted by Crippen LogP contribution is 2.15. The lowest BCUT2D eigenvalue weighted by Crippen LogP contribution is -2.25. The van der Waals surface area contributed by atoms with Gasteiger partial charge < -0.3 is 0 Å². The minimum atomic E-state index is -3.38. The number of nitrogens with zero attached hydrogens (tertiary/aromatic N) is 1. The Kier molecular flexibility index (Phi) is 6.12. The molecule has 1 heterocycles. The molecule has 0 saturated carbocycles. The van der Waals surface area contributed by atoms with Crippen molar-refractivity contribution in [1.82, 2.24) is 9.62 Å². The van der Waals surface area contributed by atoms with E-state index in [-0.39, 0.29) is 5.75 Å². The zero-order chi connectivity index (χ0) is 17.7. The smallest absolute Gasteiger partial charge is 0.216 e. The number of likely N-dealkylation sites (tertiary alicyclic amines) is 1. The molecule has 1 N–H and O–H groups in total. The van der Waals surface area contributed by atoms with Crippen LogP contribution in [0.1, 0.15) is 29.5 Å². The molecule has 6 heteroatoms. The molecule has 1 fully saturated rings. The van der Waals surface area contributed by atoms with E-state index in [4.69, 9.17) is 11.6 Å². The van der Waals surface area contributed by atoms with E-state index in [9.17, 15) is 8.42 Å². The molecule has 3 rings (SSSR count). The predicted octanol–water partition coefficient (Wildman–Crippen LogP) is 3.56. The Morgan fingerprint density at radius 2 is 1.64 bits per heavy atom. The van der Waals surface area contributed by atoms with Gasteiger partial charge in [-0.25, -0.2) is 13.1 Å². The third-order valence-corrected chi connectivity index (χ3v) is 5.91. The summed E-state index contributed by atoms with van der Waals surface area (Å²) >= 11 is 5.83. The van der Waals surface area contributed by atoms with E-state index >= 15 is 0 Å². The van der Waals surface area contributed by atoms with E-state index in [0.29, 0.717) is 11.6 Å². The number of hydrogen-bond donors (Lipinski definition) is 1. The molecule has 1 aliphatic heterocycles. The summed E-state index contributed by atoms with van der Waals surface area (Å²) in [6, 6.07) is 15.0. The van der Waals surface area contributed by atoms with E-state index < -0.39 is 10.0 Å². The third kappa shape index (κ3) is 5.82. The normalized spacial score (nSPS) is 15.6. The lowest BCUT2D eigenvalue weighted by atomic mass is 10.1. The number of sulfonamides is 1. The Hall–Kier alpha value is -1.40. The minimum absolute atomic E-state index is 0.0440. The largest absolute Gasteiger partial charge is 0.299 e. The third-order valence-electron chi connectivity index (χ3n) is 4.36. The van der Waals surface area contributed by atoms with Gasteiger partial charge in [-0.15, -0.1) is 0 Å². The van der Waals surface area contributed by atoms with Crippen molar-refractivity contribution in [1.29, 1.82) is 0 Å². The van der Waals surface area contributed by atoms with Gasteiger partial charge in [0.05, 0.1) is 5.75 Å². The topological polar surface area (TPSA) is 49.4 Å². The maximum atomic E-state index is 12.3. The van der Waals surface area contributed by atoms with Crippen LogP contribution in [0.5, 0.6) is 0 Å². The zero-order valence-corrected chi connectivity index (χ0v) is 15.7. The van der Waals surface area contributed by atoms with Crippen LogP contribution in [0, 0.1) is 0 Å². The van der Waals surface area contributed by atoms with Crippen molar-refractivity contribution in [2.45, 2.75) is 31.7 Å². The molecule has 25 heavy (non-hydrogen) atoms. The van der Waals surface area contributed by atoms with Crippen LogP contribution in [0.2, 0.25) is 5.02 Å². The second-order valence-electron chi connectivity index (χ2n) is 6.51. The van der Waals surface area contributed by atoms with Gasteiger partial charge in [0.1, 0.15) is 0 Å². The monoisotopic (exact) mass is 378 g/mol. The van der Waals surface area contributed by atoms with Crippen LogP contribution >= 0.6 is 11.6 Å². The highest BCUT2D eigenvalue weighted by atomic mass is 35.5. The van der Waals surface area contributed by atoms with Gasteiger partial charge in [0.25, 0.3) is 0 Å². The molecule has 0 atom stereocenters. The van der Waals surface area contributed by atoms with Crippen LogP contribution in [0.4, 0.5) is 0 Å². The summed E-state index contributed by atoms with van der Waals surface area (Å²) in [4.78, 5) is 2.43. The van der Waals surface area contributed by atoms with Gasteiger partial charge in [-0.05, 0) is 54.8 Å². The van der Waals surface area contributed by atoms with Crippen molar-refractivity contribution in [2.75, 3.05) is 13.1 Å². The summed E-state index contributed by atoms with van der Waals surface area (Å²) in [5.41, 5.74) is 2.94. The maximum Gasteiger partial charge on any atom is 0.216 e. The van der Waals surface area contributed by atoms with Crippen LogP contribution in [0.25, 0.3) is 0 Å². The molecule has 2 aromatic rings. The predicted molar refractivity (Wildman–Crippen MR) is 102 cm³/mol. The fourth-order valence-electron chi connectivity index (χ4n) is 3.08. The molecule has 0 spiro atoms. The molecule has 0 amide bonds. The molecule has 0 aromatic heterocycles. The Morgan fingerprint density at radius 3 is 2.36 bits per heavy atom. The number of rotatable bonds is 7. The van der Waals surface area contributed by atoms with Crippen LogP contribution < -0.4 is 4.72 Å². The Bertz CT molecular complexity index is 800. The first-order valence-corrected chi connectivity index (χ1v) is 10.6. The highest BCUT2D eigenvalue weighted by Gasteiger charge is 2.13. The van der Waals surface area contributed by atoms with E-state index in [2.05, 4.69) is 21.8 Å². The van der Waals surface area contributed by atoms with Crippen molar-refractivity contribution >= 4 is 21.6 Å². The number of hydrogen-bond acceptors (Lipinski definition) is 3. The number of nitrogens with one attached hydrogen (secondary N) is 1. The van der Waals surface area contributed by atoms with E-state index in [0.717, 1.165) is 30.8 Å². The van der Waals surface area contributed by atoms with Gasteiger partial charge in [-0.1, -0.05) is 48.0 Å². The minimum Gasteiger partial charge on any atom is -0.299 e. The fourth-order valence-corrected chi connectivity index (χ4v) is 4.33. The lowest BCUT2D eigenvalue weighted by molar-refractivity contribution is 0.331. The van der Waals surface area contributed by atoms with Crippen molar-refractivity contribution in [2.24, 2.45) is 0 Å². The lowest BCUT2D eigenvalue weighted by Gasteiger charge is -2.15. The standard InChI is InChI=1S/C19H23ClN2O2S/c20-19-8-6-16(7-9-19)15-25(23,24)21-13-17-4-3-5-18(12-17)14-22-10-1-2-11-22/h3-9,12,21H,1-2,10-11,13-15H2. The van der Waals surface area contributed by atoms with Gasteiger partial charge in [0.2, 0.25) is 10.0 Å². The number of halogens is 1. The molecule has 0 aliphatic carbocycles. The summed E-state index contributed by atoms with van der Waals surface area (Å²) in [6.07, 6.45) is 2.54. The fraction of sp³-hybridized carbons (Fsp3) is 0.368. The Balaban J connectivity index is 1.57. The van der Waals surface area contributed by atoms with Gasteiger partial charge in [-0.2, -0.15) is 0 Å². The molecular weight excluding hydrogens is 356 g/mol. The van der Waals surface area contributed by atoms with Crippen LogP contribution in [0.3, 0.4) is 0 Å². The highest BCUT2D eigenvalue weighted by molar-refractivity contribution is 7.88. The van der Waals surface area contributed by atoms with Crippen molar-refractivity contribution in [3.63, 3.8) is 0 Å². The summed E-state index contributed by atoms with van der Waals surface area (Å²) in [5.74, 6) is -0.0440. The maximum absolute atomic E-state index is 12.3. The van der Waals surface area contributed by atoms with E-state index in [1.165, 1.54) is 18.4 Å². The Labute approximate surface area is 154 Å². The summed E-state index contributed by atoms with van der Waals surface area (Å²) < 4.78 is 27.2. The molecule has 0 unspecified atom stereocenters. The quantitative estimate of drug-likeness (QED) is 0.801. The first-order chi connectivity index (χ1) is 12.0. The summed E-state index contributed by atoms with van der Waals surface area (Å²) in [5, 5.41) is 0.601. The summed E-state index contributed by atoms with van der Waals surface area (Å²) in [6.45, 7) is 3.55. The first-order valence-electron chi connectivity index (χ1n) is 8.52. The van der Waals surface area contributed by atoms with E-state index in [1.807, 2.05) is 12.1 Å². The van der Waals surface area contributed by atoms with Gasteiger partial charge in [-0.3, -0.25) is 4.90 Å². The van der Waals surface area contributed by atoms with E-state index in [1.54, 1.807) is 24.3 Å².